The Bertz CT molecular complexity index is 748. The average molecular weight is 405 g/mol. The fraction of sp³-hybridized carbons (Fsp3) is 0.0625. The Labute approximate surface area is 158 Å². The zero-order valence-electron chi connectivity index (χ0n) is 11.9. The molecule has 0 saturated carbocycles. The summed E-state index contributed by atoms with van der Waals surface area (Å²) in [4.78, 5) is 33.8. The number of hydrogen-bond donors (Lipinski definition) is 0. The quantitative estimate of drug-likeness (QED) is 0.289. The maximum atomic E-state index is 10.7. The van der Waals surface area contributed by atoms with Gasteiger partial charge < -0.3 is 0 Å². The number of halogens is 4. The normalized spacial score (nSPS) is 9.54. The maximum absolute atomic E-state index is 10.7. The predicted octanol–water partition coefficient (Wildman–Crippen LogP) is 5.57. The lowest BCUT2D eigenvalue weighted by Gasteiger charge is -2.01. The minimum atomic E-state index is -0.624. The lowest BCUT2D eigenvalue weighted by molar-refractivity contribution is 0.107. The molecule has 0 saturated heterocycles. The van der Waals surface area contributed by atoms with Gasteiger partial charge in [0.2, 0.25) is 6.08 Å². The van der Waals surface area contributed by atoms with E-state index in [-0.39, 0.29) is 0 Å². The van der Waals surface area contributed by atoms with Crippen molar-refractivity contribution < 1.29 is 14.4 Å². The van der Waals surface area contributed by atoms with Crippen molar-refractivity contribution in [2.24, 2.45) is 4.99 Å². The predicted molar refractivity (Wildman–Crippen MR) is 95.5 cm³/mol. The topological polar surface area (TPSA) is 63.6 Å². The van der Waals surface area contributed by atoms with Gasteiger partial charge in [-0.05, 0) is 59.1 Å². The summed E-state index contributed by atoms with van der Waals surface area (Å²) in [5.74, 6) is 0. The van der Waals surface area contributed by atoms with E-state index in [1.54, 1.807) is 24.3 Å². The molecule has 4 nitrogen and oxygen atoms in total. The van der Waals surface area contributed by atoms with Gasteiger partial charge in [0.1, 0.15) is 4.84 Å². The molecule has 0 atom stereocenters. The summed E-state index contributed by atoms with van der Waals surface area (Å²) in [6.07, 6.45) is 1.39. The summed E-state index contributed by atoms with van der Waals surface area (Å²) in [7, 11) is 0. The number of alkyl halides is 2. The van der Waals surface area contributed by atoms with Gasteiger partial charge in [0.05, 0.1) is 5.69 Å². The molecule has 0 radical (unpaired) electrons. The fourth-order valence-electron chi connectivity index (χ4n) is 1.52. The van der Waals surface area contributed by atoms with Gasteiger partial charge in [-0.15, -0.1) is 23.2 Å². The van der Waals surface area contributed by atoms with Gasteiger partial charge in [0.25, 0.3) is 10.5 Å². The van der Waals surface area contributed by atoms with Crippen molar-refractivity contribution in [1.82, 2.24) is 0 Å². The molecule has 0 fully saturated rings. The number of carbonyl (C=O) groups excluding carboxylic acids is 3. The second-order valence-corrected chi connectivity index (χ2v) is 6.01. The molecule has 0 aliphatic rings. The molecule has 0 unspecified atom stereocenters. The van der Waals surface area contributed by atoms with Crippen molar-refractivity contribution in [3.05, 3.63) is 65.2 Å². The van der Waals surface area contributed by atoms with E-state index in [4.69, 9.17) is 46.4 Å². The van der Waals surface area contributed by atoms with Gasteiger partial charge in [-0.25, -0.2) is 4.79 Å². The second-order valence-electron chi connectivity index (χ2n) is 4.22. The van der Waals surface area contributed by atoms with Crippen LogP contribution in [0.25, 0.3) is 0 Å². The lowest BCUT2D eigenvalue weighted by atomic mass is 10.1. The number of carbonyl (C=O) groups is 2. The van der Waals surface area contributed by atoms with Crippen LogP contribution in [0.5, 0.6) is 0 Å². The molecule has 24 heavy (non-hydrogen) atoms. The molecular weight excluding hydrogens is 396 g/mol. The number of rotatable bonds is 4. The van der Waals surface area contributed by atoms with E-state index in [1.807, 2.05) is 0 Å². The van der Waals surface area contributed by atoms with Crippen LogP contribution in [0.4, 0.5) is 5.69 Å². The van der Waals surface area contributed by atoms with E-state index < -0.39 is 15.3 Å². The summed E-state index contributed by atoms with van der Waals surface area (Å²) in [6.45, 7) is 0. The Balaban J connectivity index is 0.000000240. The number of isocyanates is 1. The van der Waals surface area contributed by atoms with Gasteiger partial charge >= 0.3 is 0 Å². The largest absolute Gasteiger partial charge is 0.276 e. The van der Waals surface area contributed by atoms with E-state index in [0.29, 0.717) is 22.4 Å². The molecule has 0 heterocycles. The van der Waals surface area contributed by atoms with Crippen molar-refractivity contribution in [2.75, 3.05) is 0 Å². The molecule has 124 valence electrons. The van der Waals surface area contributed by atoms with Gasteiger partial charge in [0.15, 0.2) is 0 Å². The molecule has 2 aromatic carbocycles. The second kappa shape index (κ2) is 10.2. The van der Waals surface area contributed by atoms with Gasteiger partial charge in [-0.2, -0.15) is 4.99 Å². The van der Waals surface area contributed by atoms with E-state index in [1.165, 1.54) is 30.3 Å². The van der Waals surface area contributed by atoms with Crippen molar-refractivity contribution >= 4 is 68.7 Å². The van der Waals surface area contributed by atoms with Gasteiger partial charge in [0, 0.05) is 11.1 Å². The first-order valence-corrected chi connectivity index (χ1v) is 7.93. The van der Waals surface area contributed by atoms with Crippen molar-refractivity contribution in [2.45, 2.75) is 4.84 Å². The third-order valence-corrected chi connectivity index (χ3v) is 3.57. The van der Waals surface area contributed by atoms with Crippen molar-refractivity contribution in [1.29, 1.82) is 0 Å². The Hall–Kier alpha value is -1.68. The molecule has 0 N–H and O–H groups in total. The summed E-state index contributed by atoms with van der Waals surface area (Å²) in [5, 5.41) is -1.04. The first-order chi connectivity index (χ1) is 11.3. The molecule has 0 spiro atoms. The number of benzene rings is 2. The smallest absolute Gasteiger partial charge is 0.252 e. The lowest BCUT2D eigenvalue weighted by Crippen LogP contribution is -1.90. The minimum absolute atomic E-state index is 0.376. The molecule has 0 aliphatic heterocycles. The highest BCUT2D eigenvalue weighted by Gasteiger charge is 2.06. The van der Waals surface area contributed by atoms with Crippen LogP contribution >= 0.6 is 46.4 Å². The summed E-state index contributed by atoms with van der Waals surface area (Å²) in [5.41, 5.74) is 1.90. The van der Waals surface area contributed by atoms with Crippen LogP contribution in [-0.4, -0.2) is 16.6 Å². The summed E-state index contributed by atoms with van der Waals surface area (Å²) in [6, 6.07) is 12.6. The third kappa shape index (κ3) is 6.83. The maximum Gasteiger partial charge on any atom is 0.252 e. The number of nitrogens with zero attached hydrogens (tertiary/aromatic N) is 1. The molecule has 8 heteroatoms. The average Bonchev–Trinajstić information content (AvgIpc) is 2.56. The number of hydrogen-bond acceptors (Lipinski definition) is 4. The van der Waals surface area contributed by atoms with Crippen LogP contribution in [0, 0.1) is 0 Å². The van der Waals surface area contributed by atoms with Crippen LogP contribution in [0.2, 0.25) is 0 Å². The Morgan fingerprint density at radius 3 is 1.96 bits per heavy atom. The Morgan fingerprint density at radius 1 is 0.917 bits per heavy atom. The first kappa shape index (κ1) is 20.4. The van der Waals surface area contributed by atoms with Crippen LogP contribution in [0.3, 0.4) is 0 Å². The van der Waals surface area contributed by atoms with E-state index in [9.17, 15) is 14.4 Å². The zero-order valence-corrected chi connectivity index (χ0v) is 14.9. The SMILES string of the molecule is O=C(Cl)c1cccc(C(Cl)Cl)c1.O=C=Nc1ccc(C(=O)Cl)cc1. The Kier molecular flexibility index (Phi) is 8.69. The summed E-state index contributed by atoms with van der Waals surface area (Å²) < 4.78 is 0. The van der Waals surface area contributed by atoms with Crippen LogP contribution in [-0.2, 0) is 4.79 Å². The van der Waals surface area contributed by atoms with Crippen molar-refractivity contribution in [3.8, 4) is 0 Å². The zero-order chi connectivity index (χ0) is 18.1. The Morgan fingerprint density at radius 2 is 1.50 bits per heavy atom. The first-order valence-electron chi connectivity index (χ1n) is 6.31. The molecule has 2 aromatic rings. The minimum Gasteiger partial charge on any atom is -0.276 e. The van der Waals surface area contributed by atoms with E-state index in [2.05, 4.69) is 4.99 Å². The molecule has 0 bridgehead atoms. The highest BCUT2D eigenvalue weighted by atomic mass is 35.5. The van der Waals surface area contributed by atoms with Gasteiger partial charge in [-0.1, -0.05) is 18.2 Å². The highest BCUT2D eigenvalue weighted by molar-refractivity contribution is 6.68. The van der Waals surface area contributed by atoms with Crippen LogP contribution in [0.15, 0.2) is 53.5 Å². The summed E-state index contributed by atoms with van der Waals surface area (Å²) >= 11 is 21.6. The molecule has 0 amide bonds. The number of aliphatic imine (C=N–C) groups is 1. The molecule has 0 aromatic heterocycles. The fourth-order valence-corrected chi connectivity index (χ4v) is 2.03. The van der Waals surface area contributed by atoms with Crippen LogP contribution in [0.1, 0.15) is 31.1 Å². The highest BCUT2D eigenvalue weighted by Crippen LogP contribution is 2.25. The van der Waals surface area contributed by atoms with Gasteiger partial charge in [-0.3, -0.25) is 9.59 Å². The molecule has 2 rings (SSSR count). The standard InChI is InChI=1S/C8H5Cl3O.C8H4ClNO2/c9-7(10)5-2-1-3-6(4-5)8(11)12;9-8(12)6-1-3-7(4-2-6)10-5-11/h1-4,7H;1-4H. The third-order valence-electron chi connectivity index (χ3n) is 2.63. The molecular formula is C16H9Cl4NO3. The van der Waals surface area contributed by atoms with E-state index in [0.717, 1.165) is 0 Å². The van der Waals surface area contributed by atoms with Crippen molar-refractivity contribution in [3.63, 3.8) is 0 Å². The monoisotopic (exact) mass is 403 g/mol. The molecule has 0 aliphatic carbocycles. The van der Waals surface area contributed by atoms with Crippen LogP contribution < -0.4 is 0 Å². The van der Waals surface area contributed by atoms with E-state index >= 15 is 0 Å².